The van der Waals surface area contributed by atoms with E-state index in [1.54, 1.807) is 7.11 Å². The Morgan fingerprint density at radius 3 is 2.25 bits per heavy atom. The predicted molar refractivity (Wildman–Crippen MR) is 69.1 cm³/mol. The normalized spacial score (nSPS) is 17.9. The zero-order valence-corrected chi connectivity index (χ0v) is 10.5. The van der Waals surface area contributed by atoms with Crippen molar-refractivity contribution < 1.29 is 4.74 Å². The lowest BCUT2D eigenvalue weighted by atomic mass is 9.92. The van der Waals surface area contributed by atoms with Gasteiger partial charge in [-0.25, -0.2) is 0 Å². The van der Waals surface area contributed by atoms with Crippen molar-refractivity contribution in [2.75, 3.05) is 7.11 Å². The highest BCUT2D eigenvalue weighted by atomic mass is 35.5. The molecule has 2 nitrogen and oxygen atoms in total. The van der Waals surface area contributed by atoms with Gasteiger partial charge in [-0.3, -0.25) is 0 Å². The maximum Gasteiger partial charge on any atom is 0.118 e. The Labute approximate surface area is 104 Å². The Morgan fingerprint density at radius 2 is 1.75 bits per heavy atom. The van der Waals surface area contributed by atoms with Crippen molar-refractivity contribution in [3.8, 4) is 5.75 Å². The molecule has 0 aliphatic heterocycles. The molecule has 2 N–H and O–H groups in total. The molecular weight excluding hydrogens is 222 g/mol. The van der Waals surface area contributed by atoms with E-state index in [4.69, 9.17) is 10.5 Å². The van der Waals surface area contributed by atoms with Gasteiger partial charge in [0.25, 0.3) is 0 Å². The Hall–Kier alpha value is -0.730. The number of hydrogen-bond donors (Lipinski definition) is 1. The lowest BCUT2D eigenvalue weighted by Gasteiger charge is -2.19. The van der Waals surface area contributed by atoms with E-state index < -0.39 is 0 Å². The fraction of sp³-hybridized carbons (Fsp3) is 0.538. The summed E-state index contributed by atoms with van der Waals surface area (Å²) in [6.45, 7) is 0. The zero-order valence-electron chi connectivity index (χ0n) is 9.69. The molecule has 0 bridgehead atoms. The number of nitrogens with two attached hydrogens (primary N) is 1. The second-order valence-electron chi connectivity index (χ2n) is 4.34. The lowest BCUT2D eigenvalue weighted by Crippen LogP contribution is -2.18. The molecule has 0 amide bonds. The van der Waals surface area contributed by atoms with Crippen LogP contribution >= 0.6 is 12.4 Å². The van der Waals surface area contributed by atoms with Gasteiger partial charge < -0.3 is 10.5 Å². The van der Waals surface area contributed by atoms with Crippen LogP contribution in [0.3, 0.4) is 0 Å². The maximum atomic E-state index is 6.25. The van der Waals surface area contributed by atoms with E-state index in [-0.39, 0.29) is 18.4 Å². The van der Waals surface area contributed by atoms with E-state index >= 15 is 0 Å². The molecule has 1 aromatic rings. The standard InChI is InChI=1S/C13H19NO.ClH/c1-15-12-8-6-11(7-9-12)13(14)10-4-2-3-5-10;/h6-10,13H,2-5,14H2,1H3;1H/t13-;/m1./s1. The van der Waals surface area contributed by atoms with Gasteiger partial charge >= 0.3 is 0 Å². The fourth-order valence-corrected chi connectivity index (χ4v) is 2.41. The van der Waals surface area contributed by atoms with E-state index in [2.05, 4.69) is 12.1 Å². The van der Waals surface area contributed by atoms with Gasteiger partial charge in [0.15, 0.2) is 0 Å². The molecule has 1 aliphatic carbocycles. The van der Waals surface area contributed by atoms with Crippen LogP contribution in [0, 0.1) is 5.92 Å². The monoisotopic (exact) mass is 241 g/mol. The minimum Gasteiger partial charge on any atom is -0.497 e. The average molecular weight is 242 g/mol. The van der Waals surface area contributed by atoms with Crippen LogP contribution in [0.2, 0.25) is 0 Å². The molecule has 0 saturated heterocycles. The number of methoxy groups -OCH3 is 1. The van der Waals surface area contributed by atoms with Gasteiger partial charge in [-0.1, -0.05) is 25.0 Å². The number of hydrogen-bond acceptors (Lipinski definition) is 2. The Bertz CT molecular complexity index is 306. The van der Waals surface area contributed by atoms with E-state index in [0.717, 1.165) is 5.75 Å². The SMILES string of the molecule is COc1ccc([C@H](N)C2CCCC2)cc1.Cl. The van der Waals surface area contributed by atoms with Crippen LogP contribution in [0.1, 0.15) is 37.3 Å². The maximum absolute atomic E-state index is 6.25. The van der Waals surface area contributed by atoms with E-state index in [0.29, 0.717) is 5.92 Å². The van der Waals surface area contributed by atoms with Crippen LogP contribution in [0.25, 0.3) is 0 Å². The molecule has 1 fully saturated rings. The van der Waals surface area contributed by atoms with Crippen molar-refractivity contribution in [2.45, 2.75) is 31.7 Å². The van der Waals surface area contributed by atoms with Crippen molar-refractivity contribution in [1.82, 2.24) is 0 Å². The van der Waals surface area contributed by atoms with Crippen molar-refractivity contribution in [2.24, 2.45) is 11.7 Å². The third kappa shape index (κ3) is 2.89. The zero-order chi connectivity index (χ0) is 10.7. The summed E-state index contributed by atoms with van der Waals surface area (Å²) in [6, 6.07) is 8.36. The van der Waals surface area contributed by atoms with Gasteiger partial charge in [0, 0.05) is 6.04 Å². The number of halogens is 1. The average Bonchev–Trinajstić information content (AvgIpc) is 2.82. The van der Waals surface area contributed by atoms with Crippen LogP contribution in [0.4, 0.5) is 0 Å². The minimum atomic E-state index is 0. The van der Waals surface area contributed by atoms with Crippen LogP contribution in [-0.2, 0) is 0 Å². The summed E-state index contributed by atoms with van der Waals surface area (Å²) in [5.41, 5.74) is 7.49. The number of benzene rings is 1. The van der Waals surface area contributed by atoms with Gasteiger partial charge in [-0.2, -0.15) is 0 Å². The first kappa shape index (κ1) is 13.3. The Kier molecular flexibility index (Phi) is 5.10. The number of rotatable bonds is 3. The molecule has 16 heavy (non-hydrogen) atoms. The summed E-state index contributed by atoms with van der Waals surface area (Å²) < 4.78 is 5.13. The molecule has 1 aromatic carbocycles. The van der Waals surface area contributed by atoms with E-state index in [1.165, 1.54) is 31.2 Å². The van der Waals surface area contributed by atoms with Crippen LogP contribution in [0.15, 0.2) is 24.3 Å². The molecule has 0 spiro atoms. The molecule has 90 valence electrons. The van der Waals surface area contributed by atoms with Crippen molar-refractivity contribution in [3.63, 3.8) is 0 Å². The predicted octanol–water partition coefficient (Wildman–Crippen LogP) is 3.31. The second kappa shape index (κ2) is 6.12. The summed E-state index contributed by atoms with van der Waals surface area (Å²) in [5, 5.41) is 0. The summed E-state index contributed by atoms with van der Waals surface area (Å²) >= 11 is 0. The number of ether oxygens (including phenoxy) is 1. The third-order valence-electron chi connectivity index (χ3n) is 3.41. The molecule has 1 aliphatic rings. The molecule has 3 heteroatoms. The van der Waals surface area contributed by atoms with E-state index in [1.807, 2.05) is 12.1 Å². The summed E-state index contributed by atoms with van der Waals surface area (Å²) in [7, 11) is 1.69. The highest BCUT2D eigenvalue weighted by molar-refractivity contribution is 5.85. The van der Waals surface area contributed by atoms with Crippen molar-refractivity contribution in [3.05, 3.63) is 29.8 Å². The molecular formula is C13H20ClNO. The van der Waals surface area contributed by atoms with Crippen molar-refractivity contribution >= 4 is 12.4 Å². The Balaban J connectivity index is 0.00000128. The second-order valence-corrected chi connectivity index (χ2v) is 4.34. The lowest BCUT2D eigenvalue weighted by molar-refractivity contribution is 0.413. The van der Waals surface area contributed by atoms with Crippen LogP contribution < -0.4 is 10.5 Å². The summed E-state index contributed by atoms with van der Waals surface area (Å²) in [6.07, 6.45) is 5.25. The van der Waals surface area contributed by atoms with E-state index in [9.17, 15) is 0 Å². The minimum absolute atomic E-state index is 0. The molecule has 0 unspecified atom stereocenters. The third-order valence-corrected chi connectivity index (χ3v) is 3.41. The molecule has 0 aromatic heterocycles. The van der Waals surface area contributed by atoms with Gasteiger partial charge in [-0.05, 0) is 36.5 Å². The topological polar surface area (TPSA) is 35.2 Å². The van der Waals surface area contributed by atoms with Gasteiger partial charge in [-0.15, -0.1) is 12.4 Å². The van der Waals surface area contributed by atoms with Gasteiger partial charge in [0.05, 0.1) is 7.11 Å². The Morgan fingerprint density at radius 1 is 1.19 bits per heavy atom. The summed E-state index contributed by atoms with van der Waals surface area (Å²) in [4.78, 5) is 0. The first-order valence-corrected chi connectivity index (χ1v) is 5.71. The van der Waals surface area contributed by atoms with Crippen LogP contribution in [0.5, 0.6) is 5.75 Å². The highest BCUT2D eigenvalue weighted by Gasteiger charge is 2.22. The fourth-order valence-electron chi connectivity index (χ4n) is 2.41. The molecule has 1 atom stereocenters. The largest absolute Gasteiger partial charge is 0.497 e. The first-order chi connectivity index (χ1) is 7.31. The van der Waals surface area contributed by atoms with Gasteiger partial charge in [0.2, 0.25) is 0 Å². The quantitative estimate of drug-likeness (QED) is 0.881. The molecule has 0 radical (unpaired) electrons. The highest BCUT2D eigenvalue weighted by Crippen LogP contribution is 2.34. The van der Waals surface area contributed by atoms with Crippen LogP contribution in [-0.4, -0.2) is 7.11 Å². The summed E-state index contributed by atoms with van der Waals surface area (Å²) in [5.74, 6) is 1.58. The molecule has 0 heterocycles. The molecule has 1 saturated carbocycles. The first-order valence-electron chi connectivity index (χ1n) is 5.71. The van der Waals surface area contributed by atoms with Crippen molar-refractivity contribution in [1.29, 1.82) is 0 Å². The smallest absolute Gasteiger partial charge is 0.118 e. The molecule has 2 rings (SSSR count). The van der Waals surface area contributed by atoms with Gasteiger partial charge in [0.1, 0.15) is 5.75 Å².